The number of benzene rings is 1. The Morgan fingerprint density at radius 2 is 2.32 bits per heavy atom. The summed E-state index contributed by atoms with van der Waals surface area (Å²) < 4.78 is 5.82. The highest BCUT2D eigenvalue weighted by Crippen LogP contribution is 2.27. The van der Waals surface area contributed by atoms with Crippen LogP contribution in [-0.4, -0.2) is 23.0 Å². The fourth-order valence-electron chi connectivity index (χ4n) is 1.99. The van der Waals surface area contributed by atoms with Gasteiger partial charge in [0.2, 0.25) is 0 Å². The van der Waals surface area contributed by atoms with E-state index in [1.54, 1.807) is 6.20 Å². The van der Waals surface area contributed by atoms with E-state index in [4.69, 9.17) is 4.74 Å². The van der Waals surface area contributed by atoms with Crippen LogP contribution in [-0.2, 0) is 11.2 Å². The largest absolute Gasteiger partial charge is 0.465 e. The van der Waals surface area contributed by atoms with Crippen molar-refractivity contribution in [3.05, 3.63) is 52.9 Å². The molecular formula is C14H12N2O2S. The molecule has 0 fully saturated rings. The number of imidazole rings is 1. The third-order valence-corrected chi connectivity index (χ3v) is 3.99. The number of nitrogens with zero attached hydrogens (tertiary/aromatic N) is 1. The van der Waals surface area contributed by atoms with E-state index in [-0.39, 0.29) is 5.97 Å². The number of thiophene rings is 1. The summed E-state index contributed by atoms with van der Waals surface area (Å²) in [5.41, 5.74) is 1.16. The first-order valence-corrected chi connectivity index (χ1v) is 6.67. The lowest BCUT2D eigenvalue weighted by atomic mass is 10.1. The van der Waals surface area contributed by atoms with E-state index in [1.165, 1.54) is 18.4 Å². The van der Waals surface area contributed by atoms with Gasteiger partial charge in [-0.1, -0.05) is 6.07 Å². The summed E-state index contributed by atoms with van der Waals surface area (Å²) in [4.78, 5) is 19.4. The second-order valence-electron chi connectivity index (χ2n) is 4.19. The molecule has 0 saturated heterocycles. The van der Waals surface area contributed by atoms with Crippen molar-refractivity contribution in [2.45, 2.75) is 6.42 Å². The fraction of sp³-hybridized carbons (Fsp3) is 0.143. The first-order chi connectivity index (χ1) is 9.26. The minimum absolute atomic E-state index is 0.284. The second-order valence-corrected chi connectivity index (χ2v) is 5.27. The minimum Gasteiger partial charge on any atom is -0.465 e. The number of nitrogens with one attached hydrogen (secondary N) is 1. The number of methoxy groups -OCH3 is 1. The van der Waals surface area contributed by atoms with Crippen LogP contribution in [0.3, 0.4) is 0 Å². The number of esters is 1. The third kappa shape index (κ3) is 2.37. The van der Waals surface area contributed by atoms with Crippen LogP contribution in [0.5, 0.6) is 0 Å². The molecule has 0 aliphatic carbocycles. The molecule has 0 bridgehead atoms. The van der Waals surface area contributed by atoms with Crippen molar-refractivity contribution in [1.82, 2.24) is 9.97 Å². The lowest BCUT2D eigenvalue weighted by molar-refractivity contribution is 0.0606. The molecule has 3 rings (SSSR count). The van der Waals surface area contributed by atoms with E-state index in [9.17, 15) is 4.79 Å². The zero-order valence-electron chi connectivity index (χ0n) is 10.3. The zero-order chi connectivity index (χ0) is 13.2. The van der Waals surface area contributed by atoms with Crippen molar-refractivity contribution >= 4 is 27.4 Å². The van der Waals surface area contributed by atoms with Gasteiger partial charge in [0, 0.05) is 23.5 Å². The number of H-pyrrole nitrogens is 1. The Balaban J connectivity index is 1.94. The maximum atomic E-state index is 11.5. The van der Waals surface area contributed by atoms with Crippen LogP contribution in [0.2, 0.25) is 0 Å². The summed E-state index contributed by atoms with van der Waals surface area (Å²) in [6.07, 6.45) is 4.31. The quantitative estimate of drug-likeness (QED) is 0.746. The molecule has 0 aliphatic rings. The van der Waals surface area contributed by atoms with Crippen molar-refractivity contribution in [2.24, 2.45) is 0 Å². The lowest BCUT2D eigenvalue weighted by Gasteiger charge is -1.98. The number of aromatic nitrogens is 2. The summed E-state index contributed by atoms with van der Waals surface area (Å²) in [5, 5.41) is 1.06. The third-order valence-electron chi connectivity index (χ3n) is 2.89. The van der Waals surface area contributed by atoms with Crippen molar-refractivity contribution < 1.29 is 9.53 Å². The number of hydrogen-bond acceptors (Lipinski definition) is 4. The number of aromatic amines is 1. The molecule has 1 N–H and O–H groups in total. The van der Waals surface area contributed by atoms with E-state index >= 15 is 0 Å². The van der Waals surface area contributed by atoms with Crippen LogP contribution in [0, 0.1) is 0 Å². The van der Waals surface area contributed by atoms with Gasteiger partial charge < -0.3 is 9.72 Å². The highest BCUT2D eigenvalue weighted by atomic mass is 32.1. The molecule has 3 aromatic rings. The number of rotatable bonds is 3. The molecule has 5 heteroatoms. The smallest absolute Gasteiger partial charge is 0.348 e. The van der Waals surface area contributed by atoms with Crippen molar-refractivity contribution in [3.8, 4) is 0 Å². The van der Waals surface area contributed by atoms with Crippen LogP contribution in [0.15, 0.2) is 36.7 Å². The Bertz CT molecular complexity index is 716. The molecule has 0 radical (unpaired) electrons. The van der Waals surface area contributed by atoms with Gasteiger partial charge in [-0.3, -0.25) is 0 Å². The predicted octanol–water partition coefficient (Wildman–Crippen LogP) is 3.00. The molecule has 0 atom stereocenters. The first kappa shape index (κ1) is 11.9. The van der Waals surface area contributed by atoms with E-state index < -0.39 is 0 Å². The van der Waals surface area contributed by atoms with E-state index in [2.05, 4.69) is 22.1 Å². The highest BCUT2D eigenvalue weighted by molar-refractivity contribution is 7.20. The number of fused-ring (bicyclic) bond motifs is 1. The predicted molar refractivity (Wildman–Crippen MR) is 74.6 cm³/mol. The van der Waals surface area contributed by atoms with Gasteiger partial charge in [-0.2, -0.15) is 0 Å². The van der Waals surface area contributed by atoms with Crippen LogP contribution in [0.4, 0.5) is 0 Å². The Morgan fingerprint density at radius 3 is 3.05 bits per heavy atom. The molecule has 0 saturated carbocycles. The Hall–Kier alpha value is -2.14. The average molecular weight is 272 g/mol. The van der Waals surface area contributed by atoms with Gasteiger partial charge in [-0.25, -0.2) is 9.78 Å². The van der Waals surface area contributed by atoms with Gasteiger partial charge >= 0.3 is 5.97 Å². The van der Waals surface area contributed by atoms with Gasteiger partial charge in [-0.15, -0.1) is 11.3 Å². The highest BCUT2D eigenvalue weighted by Gasteiger charge is 2.10. The van der Waals surface area contributed by atoms with Crippen LogP contribution in [0.25, 0.3) is 10.1 Å². The molecule has 0 aliphatic heterocycles. The van der Waals surface area contributed by atoms with Crippen molar-refractivity contribution in [1.29, 1.82) is 0 Å². The molecule has 2 heterocycles. The van der Waals surface area contributed by atoms with E-state index in [0.29, 0.717) is 4.88 Å². The van der Waals surface area contributed by atoms with Gasteiger partial charge in [0.1, 0.15) is 10.7 Å². The summed E-state index contributed by atoms with van der Waals surface area (Å²) >= 11 is 1.45. The maximum absolute atomic E-state index is 11.5. The molecule has 19 heavy (non-hydrogen) atoms. The molecule has 96 valence electrons. The summed E-state index contributed by atoms with van der Waals surface area (Å²) in [6, 6.07) is 8.05. The lowest BCUT2D eigenvalue weighted by Crippen LogP contribution is -1.96. The topological polar surface area (TPSA) is 55.0 Å². The van der Waals surface area contributed by atoms with Crippen molar-refractivity contribution in [2.75, 3.05) is 7.11 Å². The monoisotopic (exact) mass is 272 g/mol. The van der Waals surface area contributed by atoms with E-state index in [1.807, 2.05) is 18.3 Å². The van der Waals surface area contributed by atoms with Gasteiger partial charge in [0.05, 0.1) is 7.11 Å². The average Bonchev–Trinajstić information content (AvgIpc) is 3.06. The minimum atomic E-state index is -0.284. The van der Waals surface area contributed by atoms with Crippen LogP contribution >= 0.6 is 11.3 Å². The van der Waals surface area contributed by atoms with Crippen molar-refractivity contribution in [3.63, 3.8) is 0 Å². The standard InChI is InChI=1S/C14H12N2O2S/c1-18-14(17)12-8-10-6-9(2-3-11(10)19-12)7-13-15-4-5-16-13/h2-6,8H,7H2,1H3,(H,15,16). The SMILES string of the molecule is COC(=O)c1cc2cc(Cc3ncc[nH]3)ccc2s1. The number of carbonyl (C=O) groups is 1. The molecule has 1 aromatic carbocycles. The van der Waals surface area contributed by atoms with Gasteiger partial charge in [-0.05, 0) is 29.1 Å². The normalized spacial score (nSPS) is 10.8. The molecule has 0 amide bonds. The Morgan fingerprint density at radius 1 is 1.42 bits per heavy atom. The fourth-order valence-corrected chi connectivity index (χ4v) is 2.95. The molecule has 4 nitrogen and oxygen atoms in total. The molecule has 0 spiro atoms. The summed E-state index contributed by atoms with van der Waals surface area (Å²) in [6.45, 7) is 0. The molecule has 0 unspecified atom stereocenters. The van der Waals surface area contributed by atoms with Crippen LogP contribution in [0.1, 0.15) is 21.1 Å². The number of carbonyl (C=O) groups excluding carboxylic acids is 1. The van der Waals surface area contributed by atoms with Gasteiger partial charge in [0.25, 0.3) is 0 Å². The van der Waals surface area contributed by atoms with Crippen LogP contribution < -0.4 is 0 Å². The maximum Gasteiger partial charge on any atom is 0.348 e. The zero-order valence-corrected chi connectivity index (χ0v) is 11.2. The summed E-state index contributed by atoms with van der Waals surface area (Å²) in [7, 11) is 1.40. The Kier molecular flexibility index (Phi) is 3.05. The number of hydrogen-bond donors (Lipinski definition) is 1. The summed E-state index contributed by atoms with van der Waals surface area (Å²) in [5.74, 6) is 0.650. The first-order valence-electron chi connectivity index (χ1n) is 5.85. The second kappa shape index (κ2) is 4.85. The molecule has 2 aromatic heterocycles. The number of ether oxygens (including phenoxy) is 1. The van der Waals surface area contributed by atoms with E-state index in [0.717, 1.165) is 27.9 Å². The molecular weight excluding hydrogens is 260 g/mol. The van der Waals surface area contributed by atoms with Gasteiger partial charge in [0.15, 0.2) is 0 Å². The Labute approximate surface area is 114 Å².